The number of hydrogen-bond donors (Lipinski definition) is 0. The van der Waals surface area contributed by atoms with E-state index < -0.39 is 17.6 Å². The molecule has 0 spiro atoms. The second kappa shape index (κ2) is 14.5. The van der Waals surface area contributed by atoms with E-state index in [0.29, 0.717) is 36.3 Å². The van der Waals surface area contributed by atoms with E-state index in [2.05, 4.69) is 0 Å². The van der Waals surface area contributed by atoms with Crippen molar-refractivity contribution in [1.82, 2.24) is 4.90 Å². The first-order valence-corrected chi connectivity index (χ1v) is 13.3. The van der Waals surface area contributed by atoms with E-state index in [1.807, 2.05) is 6.07 Å². The maximum absolute atomic E-state index is 14.2. The Morgan fingerprint density at radius 2 is 1.62 bits per heavy atom. The van der Waals surface area contributed by atoms with Crippen LogP contribution in [0.2, 0.25) is 0 Å². The number of carbonyl (C=O) groups is 2. The zero-order chi connectivity index (χ0) is 27.5. The first-order chi connectivity index (χ1) is 19.0. The third-order valence-corrected chi connectivity index (χ3v) is 6.68. The van der Waals surface area contributed by atoms with Crippen LogP contribution in [0.5, 0.6) is 0 Å². The fraction of sp³-hybridized carbons (Fsp3) is 0.355. The molecule has 0 saturated carbocycles. The van der Waals surface area contributed by atoms with Gasteiger partial charge in [0.1, 0.15) is 6.61 Å². The van der Waals surface area contributed by atoms with Gasteiger partial charge in [0.25, 0.3) is 5.91 Å². The summed E-state index contributed by atoms with van der Waals surface area (Å²) < 4.78 is 44.9. The minimum atomic E-state index is -0.952. The van der Waals surface area contributed by atoms with Gasteiger partial charge in [0.15, 0.2) is 17.9 Å². The van der Waals surface area contributed by atoms with Gasteiger partial charge in [0.2, 0.25) is 0 Å². The molecule has 1 aliphatic heterocycles. The van der Waals surface area contributed by atoms with E-state index >= 15 is 0 Å². The van der Waals surface area contributed by atoms with Crippen molar-refractivity contribution in [1.29, 1.82) is 0 Å². The number of carbonyl (C=O) groups excluding carboxylic acids is 2. The fourth-order valence-electron chi connectivity index (χ4n) is 4.53. The highest BCUT2D eigenvalue weighted by Gasteiger charge is 2.24. The molecule has 39 heavy (non-hydrogen) atoms. The molecule has 206 valence electrons. The number of amides is 1. The van der Waals surface area contributed by atoms with E-state index in [-0.39, 0.29) is 37.8 Å². The van der Waals surface area contributed by atoms with Crippen molar-refractivity contribution in [3.8, 4) is 0 Å². The first-order valence-electron chi connectivity index (χ1n) is 13.3. The summed E-state index contributed by atoms with van der Waals surface area (Å²) in [5.74, 6) is -2.99. The second-order valence-electron chi connectivity index (χ2n) is 9.45. The smallest absolute Gasteiger partial charge is 0.338 e. The molecule has 8 heteroatoms. The van der Waals surface area contributed by atoms with E-state index in [1.54, 1.807) is 59.5 Å². The SMILES string of the molecule is O=C(OCCN(CC(CCOC1CCCCO1)c1ccc(F)c(F)c1)C(=O)c1ccccc1)c1ccccc1. The maximum atomic E-state index is 14.2. The van der Waals surface area contributed by atoms with Crippen molar-refractivity contribution < 1.29 is 32.6 Å². The summed E-state index contributed by atoms with van der Waals surface area (Å²) in [6, 6.07) is 21.2. The highest BCUT2D eigenvalue weighted by Crippen LogP contribution is 2.25. The summed E-state index contributed by atoms with van der Waals surface area (Å²) in [5.41, 5.74) is 1.44. The lowest BCUT2D eigenvalue weighted by atomic mass is 9.94. The Bertz CT molecular complexity index is 1200. The van der Waals surface area contributed by atoms with Gasteiger partial charge in [0, 0.05) is 24.6 Å². The van der Waals surface area contributed by atoms with Crippen molar-refractivity contribution in [2.24, 2.45) is 0 Å². The summed E-state index contributed by atoms with van der Waals surface area (Å²) in [7, 11) is 0. The van der Waals surface area contributed by atoms with Crippen molar-refractivity contribution in [3.05, 3.63) is 107 Å². The Labute approximate surface area is 227 Å². The van der Waals surface area contributed by atoms with Gasteiger partial charge < -0.3 is 19.1 Å². The molecular weight excluding hydrogens is 504 g/mol. The standard InChI is InChI=1S/C31H33F2NO5/c32-27-15-14-25(21-28(27)33)26(16-19-38-29-13-7-8-18-37-29)22-34(30(35)23-9-3-1-4-10-23)17-20-39-31(36)24-11-5-2-6-12-24/h1-6,9-12,14-15,21,26,29H,7-8,13,16-20,22H2. The Kier molecular flexibility index (Phi) is 10.6. The van der Waals surface area contributed by atoms with Gasteiger partial charge in [0.05, 0.1) is 18.7 Å². The van der Waals surface area contributed by atoms with Gasteiger partial charge in [-0.15, -0.1) is 0 Å². The molecule has 2 atom stereocenters. The molecule has 0 N–H and O–H groups in total. The summed E-state index contributed by atoms with van der Waals surface area (Å²) in [6.45, 7) is 1.27. The molecule has 3 aromatic rings. The van der Waals surface area contributed by atoms with Crippen LogP contribution >= 0.6 is 0 Å². The second-order valence-corrected chi connectivity index (χ2v) is 9.45. The van der Waals surface area contributed by atoms with Gasteiger partial charge in [-0.05, 0) is 67.6 Å². The van der Waals surface area contributed by atoms with Gasteiger partial charge in [-0.1, -0.05) is 42.5 Å². The van der Waals surface area contributed by atoms with Crippen molar-refractivity contribution in [3.63, 3.8) is 0 Å². The molecule has 3 aromatic carbocycles. The van der Waals surface area contributed by atoms with Crippen LogP contribution in [0.4, 0.5) is 8.78 Å². The van der Waals surface area contributed by atoms with Crippen LogP contribution in [0.15, 0.2) is 78.9 Å². The average molecular weight is 538 g/mol. The third kappa shape index (κ3) is 8.43. The largest absolute Gasteiger partial charge is 0.460 e. The Hall–Kier alpha value is -3.62. The molecule has 0 aromatic heterocycles. The minimum absolute atomic E-state index is 0.0246. The zero-order valence-corrected chi connectivity index (χ0v) is 21.8. The molecule has 1 fully saturated rings. The number of benzene rings is 3. The molecule has 1 aliphatic rings. The van der Waals surface area contributed by atoms with Crippen LogP contribution in [-0.4, -0.2) is 56.0 Å². The first kappa shape index (κ1) is 28.4. The number of hydrogen-bond acceptors (Lipinski definition) is 5. The molecule has 6 nitrogen and oxygen atoms in total. The monoisotopic (exact) mass is 537 g/mol. The van der Waals surface area contributed by atoms with Gasteiger partial charge >= 0.3 is 5.97 Å². The van der Waals surface area contributed by atoms with Crippen LogP contribution in [0.25, 0.3) is 0 Å². The summed E-state index contributed by atoms with van der Waals surface area (Å²) in [4.78, 5) is 27.5. The Morgan fingerprint density at radius 3 is 2.28 bits per heavy atom. The summed E-state index contributed by atoms with van der Waals surface area (Å²) in [5, 5.41) is 0. The third-order valence-electron chi connectivity index (χ3n) is 6.68. The topological polar surface area (TPSA) is 65.1 Å². The van der Waals surface area contributed by atoms with E-state index in [1.165, 1.54) is 6.07 Å². The van der Waals surface area contributed by atoms with Crippen LogP contribution in [0, 0.1) is 11.6 Å². The quantitative estimate of drug-likeness (QED) is 0.266. The number of rotatable bonds is 12. The van der Waals surface area contributed by atoms with E-state index in [4.69, 9.17) is 14.2 Å². The minimum Gasteiger partial charge on any atom is -0.460 e. The highest BCUT2D eigenvalue weighted by molar-refractivity contribution is 5.94. The van der Waals surface area contributed by atoms with Gasteiger partial charge in [-0.25, -0.2) is 13.6 Å². The van der Waals surface area contributed by atoms with Crippen LogP contribution < -0.4 is 0 Å². The molecule has 4 rings (SSSR count). The maximum Gasteiger partial charge on any atom is 0.338 e. The Morgan fingerprint density at radius 1 is 0.897 bits per heavy atom. The lowest BCUT2D eigenvalue weighted by molar-refractivity contribution is -0.163. The van der Waals surface area contributed by atoms with E-state index in [0.717, 1.165) is 31.4 Å². The molecular formula is C31H33F2NO5. The van der Waals surface area contributed by atoms with Crippen molar-refractivity contribution in [2.45, 2.75) is 37.9 Å². The van der Waals surface area contributed by atoms with Crippen molar-refractivity contribution in [2.75, 3.05) is 32.9 Å². The van der Waals surface area contributed by atoms with E-state index in [9.17, 15) is 18.4 Å². The number of nitrogens with zero attached hydrogens (tertiary/aromatic N) is 1. The number of ether oxygens (including phenoxy) is 3. The normalized spacial score (nSPS) is 15.9. The lowest BCUT2D eigenvalue weighted by Gasteiger charge is -2.29. The number of halogens is 2. The fourth-order valence-corrected chi connectivity index (χ4v) is 4.53. The molecule has 1 amide bonds. The van der Waals surface area contributed by atoms with Crippen molar-refractivity contribution >= 4 is 11.9 Å². The average Bonchev–Trinajstić information content (AvgIpc) is 2.98. The molecule has 0 aliphatic carbocycles. The molecule has 1 heterocycles. The molecule has 0 radical (unpaired) electrons. The Balaban J connectivity index is 1.49. The lowest BCUT2D eigenvalue weighted by Crippen LogP contribution is -2.38. The number of esters is 1. The van der Waals surface area contributed by atoms with Crippen LogP contribution in [0.3, 0.4) is 0 Å². The van der Waals surface area contributed by atoms with Crippen LogP contribution in [-0.2, 0) is 14.2 Å². The zero-order valence-electron chi connectivity index (χ0n) is 21.8. The molecule has 2 unspecified atom stereocenters. The summed E-state index contributed by atoms with van der Waals surface area (Å²) >= 11 is 0. The predicted octanol–water partition coefficient (Wildman–Crippen LogP) is 5.98. The van der Waals surface area contributed by atoms with Gasteiger partial charge in [-0.3, -0.25) is 4.79 Å². The molecule has 0 bridgehead atoms. The summed E-state index contributed by atoms with van der Waals surface area (Å²) in [6.07, 6.45) is 3.00. The molecule has 1 saturated heterocycles. The van der Waals surface area contributed by atoms with Crippen LogP contribution in [0.1, 0.15) is 57.9 Å². The van der Waals surface area contributed by atoms with Gasteiger partial charge in [-0.2, -0.15) is 0 Å². The highest BCUT2D eigenvalue weighted by atomic mass is 19.2. The predicted molar refractivity (Wildman–Crippen MR) is 142 cm³/mol.